The molecular weight excluding hydrogens is 399 g/mol. The molecule has 1 saturated carbocycles. The van der Waals surface area contributed by atoms with E-state index in [0.717, 1.165) is 36.3 Å². The number of halogens is 2. The smallest absolute Gasteiger partial charge is 0.157 e. The van der Waals surface area contributed by atoms with Crippen molar-refractivity contribution in [3.63, 3.8) is 0 Å². The fraction of sp³-hybridized carbons (Fsp3) is 0.700. The first kappa shape index (κ1) is 26.7. The molecular formula is C20H34Cl2N4O2. The van der Waals surface area contributed by atoms with E-state index in [1.54, 1.807) is 0 Å². The average molecular weight is 433 g/mol. The van der Waals surface area contributed by atoms with Gasteiger partial charge >= 0.3 is 0 Å². The van der Waals surface area contributed by atoms with Gasteiger partial charge in [0.15, 0.2) is 11.6 Å². The fourth-order valence-electron chi connectivity index (χ4n) is 2.87. The van der Waals surface area contributed by atoms with Crippen molar-refractivity contribution in [1.29, 1.82) is 5.26 Å². The molecule has 0 spiro atoms. The maximum Gasteiger partial charge on any atom is 0.157 e. The molecule has 3 rings (SSSR count). The third-order valence-corrected chi connectivity index (χ3v) is 4.85. The Bertz CT molecular complexity index is 651. The van der Waals surface area contributed by atoms with E-state index in [1.807, 2.05) is 34.6 Å². The zero-order valence-electron chi connectivity index (χ0n) is 18.0. The number of nitriles is 1. The second-order valence-corrected chi connectivity index (χ2v) is 7.37. The predicted octanol–water partition coefficient (Wildman–Crippen LogP) is 5.34. The second-order valence-electron chi connectivity index (χ2n) is 6.63. The zero-order valence-corrected chi connectivity index (χ0v) is 19.5. The van der Waals surface area contributed by atoms with E-state index in [1.165, 1.54) is 13.8 Å². The molecule has 3 N–H and O–H groups in total. The number of nitrogens with one attached hydrogen (secondary N) is 1. The number of hydrogen-bond acceptors (Lipinski definition) is 6. The number of anilines is 2. The summed E-state index contributed by atoms with van der Waals surface area (Å²) in [7, 11) is 0. The Balaban J connectivity index is 0.000000698. The van der Waals surface area contributed by atoms with Crippen LogP contribution in [0.2, 0.25) is 10.2 Å². The van der Waals surface area contributed by atoms with Crippen LogP contribution in [0.4, 0.5) is 11.5 Å². The van der Waals surface area contributed by atoms with Gasteiger partial charge in [-0.1, -0.05) is 50.9 Å². The summed E-state index contributed by atoms with van der Waals surface area (Å²) in [6.07, 6.45) is 2.87. The molecule has 8 heteroatoms. The van der Waals surface area contributed by atoms with Crippen molar-refractivity contribution in [1.82, 2.24) is 4.98 Å². The Morgan fingerprint density at radius 3 is 2.18 bits per heavy atom. The maximum atomic E-state index is 9.00. The van der Waals surface area contributed by atoms with Gasteiger partial charge in [0.2, 0.25) is 0 Å². The molecule has 1 aromatic heterocycles. The Labute approximate surface area is 179 Å². The van der Waals surface area contributed by atoms with Crippen molar-refractivity contribution in [2.45, 2.75) is 79.6 Å². The monoisotopic (exact) mass is 432 g/mol. The molecule has 2 aliphatic rings. The van der Waals surface area contributed by atoms with Gasteiger partial charge in [0.05, 0.1) is 23.4 Å². The van der Waals surface area contributed by atoms with Crippen LogP contribution in [0.15, 0.2) is 0 Å². The van der Waals surface area contributed by atoms with Gasteiger partial charge in [-0.15, -0.1) is 0 Å². The minimum atomic E-state index is -1.50. The molecule has 1 aromatic rings. The van der Waals surface area contributed by atoms with Crippen LogP contribution in [0.25, 0.3) is 0 Å². The third kappa shape index (κ3) is 7.63. The fourth-order valence-corrected chi connectivity index (χ4v) is 3.34. The first-order chi connectivity index (χ1) is 13.1. The van der Waals surface area contributed by atoms with Crippen LogP contribution in [0.5, 0.6) is 0 Å². The Hall–Kier alpha value is -1.26. The molecule has 1 aliphatic carbocycles. The minimum absolute atomic E-state index is 0.158. The highest BCUT2D eigenvalue weighted by Gasteiger charge is 2.35. The molecule has 1 fully saturated rings. The highest BCUT2D eigenvalue weighted by Crippen LogP contribution is 2.43. The van der Waals surface area contributed by atoms with E-state index < -0.39 is 5.79 Å². The van der Waals surface area contributed by atoms with E-state index >= 15 is 0 Å². The predicted molar refractivity (Wildman–Crippen MR) is 118 cm³/mol. The molecule has 0 amide bonds. The first-order valence-corrected chi connectivity index (χ1v) is 10.6. The number of aliphatic hydroxyl groups is 2. The normalized spacial score (nSPS) is 19.6. The quantitative estimate of drug-likeness (QED) is 0.409. The Morgan fingerprint density at radius 2 is 1.71 bits per heavy atom. The minimum Gasteiger partial charge on any atom is -0.366 e. The van der Waals surface area contributed by atoms with Gasteiger partial charge in [0, 0.05) is 17.5 Å². The van der Waals surface area contributed by atoms with E-state index in [4.69, 9.17) is 38.7 Å². The van der Waals surface area contributed by atoms with Crippen LogP contribution in [-0.4, -0.2) is 33.7 Å². The van der Waals surface area contributed by atoms with E-state index in [2.05, 4.69) is 21.3 Å². The summed E-state index contributed by atoms with van der Waals surface area (Å²) in [6.45, 7) is 13.1. The second kappa shape index (κ2) is 12.3. The van der Waals surface area contributed by atoms with Crippen molar-refractivity contribution in [2.75, 3.05) is 16.9 Å². The van der Waals surface area contributed by atoms with Gasteiger partial charge in [-0.2, -0.15) is 5.26 Å². The van der Waals surface area contributed by atoms with Gasteiger partial charge in [-0.05, 0) is 40.0 Å². The lowest BCUT2D eigenvalue weighted by Gasteiger charge is -2.24. The van der Waals surface area contributed by atoms with Crippen LogP contribution in [0, 0.1) is 24.2 Å². The molecule has 0 bridgehead atoms. The molecule has 2 unspecified atom stereocenters. The van der Waals surface area contributed by atoms with Crippen molar-refractivity contribution < 1.29 is 10.2 Å². The summed E-state index contributed by atoms with van der Waals surface area (Å²) < 4.78 is 0. The van der Waals surface area contributed by atoms with Crippen LogP contribution < -0.4 is 10.2 Å². The Kier molecular flexibility index (Phi) is 11.8. The zero-order chi connectivity index (χ0) is 22.1. The highest BCUT2D eigenvalue weighted by atomic mass is 35.5. The maximum absolute atomic E-state index is 9.00. The molecule has 2 heterocycles. The summed E-state index contributed by atoms with van der Waals surface area (Å²) in [4.78, 5) is 6.64. The Morgan fingerprint density at radius 1 is 1.18 bits per heavy atom. The summed E-state index contributed by atoms with van der Waals surface area (Å²) in [5, 5.41) is 29.5. The summed E-state index contributed by atoms with van der Waals surface area (Å²) in [6, 6.07) is 2.70. The van der Waals surface area contributed by atoms with Gasteiger partial charge in [0.25, 0.3) is 0 Å². The van der Waals surface area contributed by atoms with Crippen molar-refractivity contribution in [3.8, 4) is 6.07 Å². The van der Waals surface area contributed by atoms with Crippen molar-refractivity contribution in [3.05, 3.63) is 15.7 Å². The largest absolute Gasteiger partial charge is 0.366 e. The summed E-state index contributed by atoms with van der Waals surface area (Å²) >= 11 is 12.4. The molecule has 160 valence electrons. The van der Waals surface area contributed by atoms with Crippen LogP contribution in [-0.2, 0) is 0 Å². The van der Waals surface area contributed by atoms with Gasteiger partial charge in [0.1, 0.15) is 5.15 Å². The summed E-state index contributed by atoms with van der Waals surface area (Å²) in [5.41, 5.74) is 1.67. The lowest BCUT2D eigenvalue weighted by Crippen LogP contribution is -2.33. The van der Waals surface area contributed by atoms with E-state index in [0.29, 0.717) is 22.9 Å². The molecule has 1 aliphatic heterocycles. The molecule has 0 radical (unpaired) electrons. The number of pyridine rings is 1. The van der Waals surface area contributed by atoms with Gasteiger partial charge in [-0.3, -0.25) is 0 Å². The van der Waals surface area contributed by atoms with Crippen LogP contribution in [0.3, 0.4) is 0 Å². The van der Waals surface area contributed by atoms with Crippen molar-refractivity contribution >= 4 is 34.7 Å². The number of nitrogens with zero attached hydrogens (tertiary/aromatic N) is 3. The van der Waals surface area contributed by atoms with Crippen LogP contribution in [0.1, 0.15) is 66.4 Å². The summed E-state index contributed by atoms with van der Waals surface area (Å²) in [5.74, 6) is -0.519. The third-order valence-electron chi connectivity index (χ3n) is 4.01. The number of rotatable bonds is 1. The van der Waals surface area contributed by atoms with Crippen molar-refractivity contribution in [2.24, 2.45) is 5.92 Å². The lowest BCUT2D eigenvalue weighted by molar-refractivity contribution is -0.127. The molecule has 0 aromatic carbocycles. The first-order valence-electron chi connectivity index (χ1n) is 9.82. The SMILES string of the molecule is CC.CC.CC(C)(O)O.Cc1c(Cl)nc2c(c1Cl)NCN2C1CCC(C#N)C1. The van der Waals surface area contributed by atoms with E-state index in [9.17, 15) is 0 Å². The molecule has 2 atom stereocenters. The van der Waals surface area contributed by atoms with E-state index in [-0.39, 0.29) is 5.92 Å². The number of fused-ring (bicyclic) bond motifs is 1. The molecule has 0 saturated heterocycles. The highest BCUT2D eigenvalue weighted by molar-refractivity contribution is 6.38. The standard InChI is InChI=1S/C13H14Cl2N4.C3H8O2.2C2H6/c1-7-10(14)11-13(18-12(7)15)19(6-17-11)9-3-2-8(4-9)5-16;1-3(2,4)5;2*1-2/h8-9,17H,2-4,6H2,1H3;4-5H,1-2H3;2*1-2H3. The lowest BCUT2D eigenvalue weighted by atomic mass is 10.1. The number of aromatic nitrogens is 1. The van der Waals surface area contributed by atoms with Gasteiger partial charge in [-0.25, -0.2) is 4.98 Å². The van der Waals surface area contributed by atoms with Gasteiger partial charge < -0.3 is 20.4 Å². The van der Waals surface area contributed by atoms with Crippen LogP contribution >= 0.6 is 23.2 Å². The topological polar surface area (TPSA) is 92.4 Å². The molecule has 6 nitrogen and oxygen atoms in total. The molecule has 28 heavy (non-hydrogen) atoms. The number of hydrogen-bond donors (Lipinski definition) is 3. The average Bonchev–Trinajstić information content (AvgIpc) is 3.28.